The first-order valence-corrected chi connectivity index (χ1v) is 10.6. The normalized spacial score (nSPS) is 17.8. The smallest absolute Gasteiger partial charge is 0.408 e. The van der Waals surface area contributed by atoms with E-state index >= 15 is 0 Å². The van der Waals surface area contributed by atoms with Gasteiger partial charge in [-0.2, -0.15) is 0 Å². The number of benzene rings is 1. The minimum atomic E-state index is -0.809. The van der Waals surface area contributed by atoms with E-state index in [4.69, 9.17) is 14.2 Å². The van der Waals surface area contributed by atoms with E-state index in [0.717, 1.165) is 30.4 Å². The van der Waals surface area contributed by atoms with E-state index in [-0.39, 0.29) is 13.2 Å². The summed E-state index contributed by atoms with van der Waals surface area (Å²) in [4.78, 5) is 12.4. The largest absolute Gasteiger partial charge is 0.444 e. The molecule has 0 saturated carbocycles. The fourth-order valence-corrected chi connectivity index (χ4v) is 2.77. The molecule has 1 N–H and O–H groups in total. The summed E-state index contributed by atoms with van der Waals surface area (Å²) in [5.41, 5.74) is 0.606. The van der Waals surface area contributed by atoms with E-state index in [1.54, 1.807) is 0 Å². The highest BCUT2D eigenvalue weighted by atomic mass is 16.7. The third-order valence-electron chi connectivity index (χ3n) is 4.50. The van der Waals surface area contributed by atoms with Gasteiger partial charge in [-0.15, -0.1) is 0 Å². The summed E-state index contributed by atoms with van der Waals surface area (Å²) >= 11 is 0. The lowest BCUT2D eigenvalue weighted by Crippen LogP contribution is -2.60. The van der Waals surface area contributed by atoms with E-state index in [9.17, 15) is 4.79 Å². The van der Waals surface area contributed by atoms with Crippen molar-refractivity contribution in [3.05, 3.63) is 41.5 Å². The van der Waals surface area contributed by atoms with Crippen molar-refractivity contribution in [1.82, 2.24) is 5.32 Å². The number of amides is 1. The molecule has 5 nitrogen and oxygen atoms in total. The van der Waals surface area contributed by atoms with Gasteiger partial charge in [-0.3, -0.25) is 0 Å². The maximum Gasteiger partial charge on any atom is 0.408 e. The molecule has 1 fully saturated rings. The van der Waals surface area contributed by atoms with Gasteiger partial charge in [0.1, 0.15) is 11.1 Å². The van der Waals surface area contributed by atoms with E-state index in [1.165, 1.54) is 0 Å². The van der Waals surface area contributed by atoms with Crippen LogP contribution in [-0.4, -0.2) is 36.2 Å². The minimum Gasteiger partial charge on any atom is -0.444 e. The van der Waals surface area contributed by atoms with Crippen molar-refractivity contribution in [2.24, 2.45) is 0 Å². The number of hydrogen-bond acceptors (Lipinski definition) is 4. The van der Waals surface area contributed by atoms with Crippen molar-refractivity contribution in [3.8, 4) is 11.8 Å². The predicted molar refractivity (Wildman–Crippen MR) is 120 cm³/mol. The van der Waals surface area contributed by atoms with Gasteiger partial charge >= 0.3 is 6.09 Å². The Morgan fingerprint density at radius 1 is 1.20 bits per heavy atom. The van der Waals surface area contributed by atoms with Crippen LogP contribution in [0.25, 0.3) is 6.08 Å². The van der Waals surface area contributed by atoms with Crippen LogP contribution < -0.4 is 5.32 Å². The number of alkyl carbamates (subject to hydrolysis) is 1. The number of nitrogens with one attached hydrogen (secondary N) is 1. The maximum absolute atomic E-state index is 12.4. The Bertz CT molecular complexity index is 781. The van der Waals surface area contributed by atoms with Gasteiger partial charge in [-0.25, -0.2) is 4.79 Å². The van der Waals surface area contributed by atoms with Crippen molar-refractivity contribution in [2.45, 2.75) is 77.7 Å². The van der Waals surface area contributed by atoms with Crippen molar-refractivity contribution >= 4 is 12.2 Å². The number of ether oxygens (including phenoxy) is 3. The summed E-state index contributed by atoms with van der Waals surface area (Å²) in [6, 6.07) is 8.03. The monoisotopic (exact) mass is 413 g/mol. The quantitative estimate of drug-likeness (QED) is 0.526. The summed E-state index contributed by atoms with van der Waals surface area (Å²) in [5, 5.41) is 2.93. The topological polar surface area (TPSA) is 56.8 Å². The van der Waals surface area contributed by atoms with Crippen molar-refractivity contribution < 1.29 is 19.0 Å². The third kappa shape index (κ3) is 8.22. The van der Waals surface area contributed by atoms with Gasteiger partial charge in [0.15, 0.2) is 5.79 Å². The minimum absolute atomic E-state index is 0.288. The average Bonchev–Trinajstić information content (AvgIpc) is 2.65. The fourth-order valence-electron chi connectivity index (χ4n) is 2.77. The van der Waals surface area contributed by atoms with Gasteiger partial charge in [0.2, 0.25) is 0 Å². The Morgan fingerprint density at radius 2 is 1.83 bits per heavy atom. The molecule has 1 amide bonds. The molecule has 2 rings (SSSR count). The molecule has 0 atom stereocenters. The molecule has 5 heteroatoms. The lowest BCUT2D eigenvalue weighted by Gasteiger charge is -2.42. The molecule has 0 unspecified atom stereocenters. The number of carbonyl (C=O) groups is 1. The zero-order valence-corrected chi connectivity index (χ0v) is 19.1. The Balaban J connectivity index is 2.12. The van der Waals surface area contributed by atoms with Crippen molar-refractivity contribution in [2.75, 3.05) is 13.2 Å². The molecule has 0 spiro atoms. The first-order valence-electron chi connectivity index (χ1n) is 10.6. The zero-order valence-electron chi connectivity index (χ0n) is 19.1. The second-order valence-corrected chi connectivity index (χ2v) is 9.12. The number of rotatable bonds is 5. The Labute approximate surface area is 181 Å². The molecule has 1 aliphatic heterocycles. The number of unbranched alkanes of at least 4 members (excludes halogenated alkanes) is 2. The number of carbonyl (C=O) groups excluding carboxylic acids is 1. The highest BCUT2D eigenvalue weighted by Crippen LogP contribution is 2.26. The van der Waals surface area contributed by atoms with Crippen LogP contribution in [0.4, 0.5) is 4.79 Å². The van der Waals surface area contributed by atoms with E-state index in [1.807, 2.05) is 71.0 Å². The summed E-state index contributed by atoms with van der Waals surface area (Å²) < 4.78 is 17.1. The standard InChI is InChI=1S/C25H35NO4/c1-7-8-9-10-11-20-12-14-21(15-13-20)16-17-25(18-28-24(5,6)29-19-25)26-22(27)30-23(2,3)4/h12-17H,7-9,18-19H2,1-6H3,(H,26,27)/b17-16+. The lowest BCUT2D eigenvalue weighted by molar-refractivity contribution is -0.263. The van der Waals surface area contributed by atoms with Crippen molar-refractivity contribution in [1.29, 1.82) is 0 Å². The van der Waals surface area contributed by atoms with E-state index < -0.39 is 23.0 Å². The van der Waals surface area contributed by atoms with Crippen LogP contribution in [-0.2, 0) is 14.2 Å². The van der Waals surface area contributed by atoms with E-state index in [0.29, 0.717) is 0 Å². The molecule has 30 heavy (non-hydrogen) atoms. The molecule has 1 aliphatic rings. The lowest BCUT2D eigenvalue weighted by atomic mass is 9.98. The molecule has 0 bridgehead atoms. The van der Waals surface area contributed by atoms with Gasteiger partial charge in [0.05, 0.1) is 13.2 Å². The molecule has 0 aromatic heterocycles. The SMILES string of the molecule is CCCCC#Cc1ccc(/C=C/C2(NC(=O)OC(C)(C)C)COC(C)(C)OC2)cc1. The Morgan fingerprint density at radius 3 is 2.40 bits per heavy atom. The molecule has 0 aliphatic carbocycles. The first kappa shape index (κ1) is 24.0. The second-order valence-electron chi connectivity index (χ2n) is 9.12. The first-order chi connectivity index (χ1) is 14.0. The van der Waals surface area contributed by atoms with Crippen molar-refractivity contribution in [3.63, 3.8) is 0 Å². The Hall–Kier alpha value is -2.29. The van der Waals surface area contributed by atoms with Gasteiger partial charge in [0, 0.05) is 12.0 Å². The van der Waals surface area contributed by atoms with Crippen LogP contribution in [0.5, 0.6) is 0 Å². The average molecular weight is 414 g/mol. The highest BCUT2D eigenvalue weighted by molar-refractivity contribution is 5.70. The fraction of sp³-hybridized carbons (Fsp3) is 0.560. The van der Waals surface area contributed by atoms with E-state index in [2.05, 4.69) is 24.1 Å². The number of hydrogen-bond donors (Lipinski definition) is 1. The van der Waals surface area contributed by atoms with Crippen LogP contribution in [0.2, 0.25) is 0 Å². The molecule has 1 aromatic rings. The van der Waals surface area contributed by atoms with Crippen LogP contribution >= 0.6 is 0 Å². The molecule has 164 valence electrons. The molecule has 1 saturated heterocycles. The summed E-state index contributed by atoms with van der Waals surface area (Å²) in [7, 11) is 0. The van der Waals surface area contributed by atoms with Gasteiger partial charge in [-0.1, -0.05) is 49.5 Å². The molecular formula is C25H35NO4. The molecular weight excluding hydrogens is 378 g/mol. The highest BCUT2D eigenvalue weighted by Gasteiger charge is 2.40. The summed E-state index contributed by atoms with van der Waals surface area (Å²) in [6.07, 6.45) is 6.57. The maximum atomic E-state index is 12.4. The van der Waals surface area contributed by atoms with Gasteiger partial charge in [-0.05, 0) is 58.7 Å². The molecule has 0 radical (unpaired) electrons. The van der Waals surface area contributed by atoms with Crippen LogP contribution in [0.15, 0.2) is 30.3 Å². The zero-order chi connectivity index (χ0) is 22.3. The second kappa shape index (κ2) is 10.1. The molecule has 1 heterocycles. The van der Waals surface area contributed by atoms with Gasteiger partial charge in [0.25, 0.3) is 0 Å². The predicted octanol–water partition coefficient (Wildman–Crippen LogP) is 5.29. The summed E-state index contributed by atoms with van der Waals surface area (Å²) in [5.74, 6) is 5.70. The van der Waals surface area contributed by atoms with Crippen LogP contribution in [0.3, 0.4) is 0 Å². The van der Waals surface area contributed by atoms with Gasteiger partial charge < -0.3 is 19.5 Å². The Kier molecular flexibility index (Phi) is 8.11. The van der Waals surface area contributed by atoms with Crippen LogP contribution in [0, 0.1) is 11.8 Å². The third-order valence-corrected chi connectivity index (χ3v) is 4.50. The summed E-state index contributed by atoms with van der Waals surface area (Å²) in [6.45, 7) is 11.9. The molecule has 1 aromatic carbocycles. The van der Waals surface area contributed by atoms with Crippen LogP contribution in [0.1, 0.15) is 71.9 Å².